The summed E-state index contributed by atoms with van der Waals surface area (Å²) < 4.78 is 10.6. The van der Waals surface area contributed by atoms with Gasteiger partial charge in [0, 0.05) is 11.3 Å². The lowest BCUT2D eigenvalue weighted by molar-refractivity contribution is 0.0600. The number of aryl methyl sites for hydroxylation is 1. The Morgan fingerprint density at radius 2 is 2.00 bits per heavy atom. The third-order valence-electron chi connectivity index (χ3n) is 4.49. The van der Waals surface area contributed by atoms with Crippen LogP contribution in [0.25, 0.3) is 0 Å². The van der Waals surface area contributed by atoms with E-state index in [4.69, 9.17) is 9.47 Å². The number of esters is 1. The minimum atomic E-state index is -0.504. The summed E-state index contributed by atoms with van der Waals surface area (Å²) in [7, 11) is 1.31. The number of benzene rings is 1. The molecule has 1 aliphatic carbocycles. The first-order valence-corrected chi connectivity index (χ1v) is 8.70. The molecule has 0 unspecified atom stereocenters. The number of amides is 1. The monoisotopic (exact) mass is 357 g/mol. The molecule has 1 fully saturated rings. The number of carbonyl (C=O) groups is 2. The van der Waals surface area contributed by atoms with Crippen LogP contribution in [0.4, 0.5) is 0 Å². The van der Waals surface area contributed by atoms with Crippen molar-refractivity contribution in [1.82, 2.24) is 15.5 Å². The van der Waals surface area contributed by atoms with Gasteiger partial charge in [0.15, 0.2) is 0 Å². The second-order valence-electron chi connectivity index (χ2n) is 6.57. The standard InChI is InChI=1S/C19H23N3O4/c1-12-6-16(22-21-12)10-20-18(23)14-7-15(19(24)25-2)9-17(8-14)26-11-13-4-3-5-13/h6-9,13H,3-5,10-11H2,1-2H3,(H,20,23)(H,21,22). The Morgan fingerprint density at radius 3 is 2.62 bits per heavy atom. The number of hydrogen-bond acceptors (Lipinski definition) is 5. The second kappa shape index (κ2) is 8.03. The lowest BCUT2D eigenvalue weighted by atomic mass is 9.86. The number of H-pyrrole nitrogens is 1. The van der Waals surface area contributed by atoms with Gasteiger partial charge in [-0.25, -0.2) is 4.79 Å². The van der Waals surface area contributed by atoms with Crippen LogP contribution in [0, 0.1) is 12.8 Å². The van der Waals surface area contributed by atoms with Crippen molar-refractivity contribution in [3.05, 3.63) is 46.8 Å². The van der Waals surface area contributed by atoms with Crippen LogP contribution in [0.5, 0.6) is 5.75 Å². The third-order valence-corrected chi connectivity index (χ3v) is 4.49. The van der Waals surface area contributed by atoms with Gasteiger partial charge in [-0.3, -0.25) is 9.89 Å². The van der Waals surface area contributed by atoms with Crippen LogP contribution in [-0.2, 0) is 11.3 Å². The first-order valence-electron chi connectivity index (χ1n) is 8.70. The minimum Gasteiger partial charge on any atom is -0.493 e. The van der Waals surface area contributed by atoms with E-state index in [9.17, 15) is 9.59 Å². The van der Waals surface area contributed by atoms with E-state index < -0.39 is 5.97 Å². The number of aromatic nitrogens is 2. The van der Waals surface area contributed by atoms with Crippen molar-refractivity contribution in [2.75, 3.05) is 13.7 Å². The first kappa shape index (κ1) is 18.0. The topological polar surface area (TPSA) is 93.3 Å². The number of ether oxygens (including phenoxy) is 2. The number of aromatic amines is 1. The Labute approximate surface area is 152 Å². The molecule has 7 heteroatoms. The molecule has 0 aliphatic heterocycles. The maximum atomic E-state index is 12.5. The zero-order chi connectivity index (χ0) is 18.5. The zero-order valence-electron chi connectivity index (χ0n) is 15.0. The van der Waals surface area contributed by atoms with E-state index in [1.165, 1.54) is 19.6 Å². The molecule has 0 bridgehead atoms. The van der Waals surface area contributed by atoms with Crippen molar-refractivity contribution >= 4 is 11.9 Å². The van der Waals surface area contributed by atoms with Gasteiger partial charge in [-0.1, -0.05) is 6.42 Å². The summed E-state index contributed by atoms with van der Waals surface area (Å²) in [5, 5.41) is 9.71. The van der Waals surface area contributed by atoms with Crippen LogP contribution in [0.1, 0.15) is 51.4 Å². The number of methoxy groups -OCH3 is 1. The van der Waals surface area contributed by atoms with Gasteiger partial charge >= 0.3 is 5.97 Å². The summed E-state index contributed by atoms with van der Waals surface area (Å²) in [6.45, 7) is 2.78. The SMILES string of the molecule is COC(=O)c1cc(OCC2CCC2)cc(C(=O)NCc2cc(C)[nH]n2)c1. The quantitative estimate of drug-likeness (QED) is 0.743. The zero-order valence-corrected chi connectivity index (χ0v) is 15.0. The summed E-state index contributed by atoms with van der Waals surface area (Å²) in [6, 6.07) is 6.63. The summed E-state index contributed by atoms with van der Waals surface area (Å²) in [5.74, 6) is 0.249. The van der Waals surface area contributed by atoms with Gasteiger partial charge in [-0.2, -0.15) is 5.10 Å². The predicted octanol–water partition coefficient (Wildman–Crippen LogP) is 2.61. The fourth-order valence-electron chi connectivity index (χ4n) is 2.76. The molecule has 2 aromatic rings. The molecular formula is C19H23N3O4. The highest BCUT2D eigenvalue weighted by Gasteiger charge is 2.19. The summed E-state index contributed by atoms with van der Waals surface area (Å²) >= 11 is 0. The van der Waals surface area contributed by atoms with E-state index in [1.807, 2.05) is 13.0 Å². The van der Waals surface area contributed by atoms with E-state index in [-0.39, 0.29) is 5.91 Å². The van der Waals surface area contributed by atoms with Gasteiger partial charge in [-0.15, -0.1) is 0 Å². The highest BCUT2D eigenvalue weighted by atomic mass is 16.5. The van der Waals surface area contributed by atoms with Crippen molar-refractivity contribution in [3.8, 4) is 5.75 Å². The van der Waals surface area contributed by atoms with Crippen molar-refractivity contribution in [1.29, 1.82) is 0 Å². The number of nitrogens with one attached hydrogen (secondary N) is 2. The largest absolute Gasteiger partial charge is 0.493 e. The van der Waals surface area contributed by atoms with Gasteiger partial charge in [-0.05, 0) is 49.9 Å². The second-order valence-corrected chi connectivity index (χ2v) is 6.57. The number of nitrogens with zero attached hydrogens (tertiary/aromatic N) is 1. The molecule has 2 N–H and O–H groups in total. The van der Waals surface area contributed by atoms with Crippen LogP contribution in [-0.4, -0.2) is 35.8 Å². The van der Waals surface area contributed by atoms with E-state index in [1.54, 1.807) is 12.1 Å². The van der Waals surface area contributed by atoms with E-state index in [0.29, 0.717) is 35.9 Å². The van der Waals surface area contributed by atoms with E-state index >= 15 is 0 Å². The Morgan fingerprint density at radius 1 is 1.23 bits per heavy atom. The van der Waals surface area contributed by atoms with Crippen molar-refractivity contribution in [2.45, 2.75) is 32.7 Å². The summed E-state index contributed by atoms with van der Waals surface area (Å²) in [6.07, 6.45) is 3.55. The molecule has 1 aromatic heterocycles. The molecule has 0 saturated heterocycles. The van der Waals surface area contributed by atoms with E-state index in [0.717, 1.165) is 24.2 Å². The molecule has 7 nitrogen and oxygen atoms in total. The lowest BCUT2D eigenvalue weighted by Gasteiger charge is -2.25. The van der Waals surface area contributed by atoms with Crippen LogP contribution >= 0.6 is 0 Å². The third kappa shape index (κ3) is 4.41. The molecule has 26 heavy (non-hydrogen) atoms. The lowest BCUT2D eigenvalue weighted by Crippen LogP contribution is -2.24. The fraction of sp³-hybridized carbons (Fsp3) is 0.421. The van der Waals surface area contributed by atoms with Gasteiger partial charge in [0.2, 0.25) is 0 Å². The summed E-state index contributed by atoms with van der Waals surface area (Å²) in [4.78, 5) is 24.4. The van der Waals surface area contributed by atoms with Crippen LogP contribution in [0.15, 0.2) is 24.3 Å². The van der Waals surface area contributed by atoms with Crippen LogP contribution < -0.4 is 10.1 Å². The van der Waals surface area contributed by atoms with Crippen LogP contribution in [0.2, 0.25) is 0 Å². The number of rotatable bonds is 7. The maximum Gasteiger partial charge on any atom is 0.338 e. The molecule has 0 spiro atoms. The smallest absolute Gasteiger partial charge is 0.338 e. The molecular weight excluding hydrogens is 334 g/mol. The summed E-state index contributed by atoms with van der Waals surface area (Å²) in [5.41, 5.74) is 2.30. The minimum absolute atomic E-state index is 0.291. The normalized spacial score (nSPS) is 13.8. The predicted molar refractivity (Wildman–Crippen MR) is 95.1 cm³/mol. The van der Waals surface area contributed by atoms with Gasteiger partial charge in [0.05, 0.1) is 31.5 Å². The Balaban J connectivity index is 1.72. The average Bonchev–Trinajstić information content (AvgIpc) is 3.02. The Hall–Kier alpha value is -2.83. The van der Waals surface area contributed by atoms with Crippen molar-refractivity contribution in [3.63, 3.8) is 0 Å². The first-order chi connectivity index (χ1) is 12.5. The molecule has 1 aliphatic rings. The molecule has 0 atom stereocenters. The molecule has 1 amide bonds. The Bertz CT molecular complexity index is 796. The van der Waals surface area contributed by atoms with Gasteiger partial charge in [0.25, 0.3) is 5.91 Å². The molecule has 138 valence electrons. The number of hydrogen-bond donors (Lipinski definition) is 2. The average molecular weight is 357 g/mol. The highest BCUT2D eigenvalue weighted by Crippen LogP contribution is 2.27. The number of carbonyl (C=O) groups excluding carboxylic acids is 2. The molecule has 1 heterocycles. The molecule has 1 aromatic carbocycles. The molecule has 1 saturated carbocycles. The van der Waals surface area contributed by atoms with Crippen LogP contribution in [0.3, 0.4) is 0 Å². The fourth-order valence-corrected chi connectivity index (χ4v) is 2.76. The Kier molecular flexibility index (Phi) is 5.55. The van der Waals surface area contributed by atoms with Crippen molar-refractivity contribution < 1.29 is 19.1 Å². The molecule has 0 radical (unpaired) electrons. The van der Waals surface area contributed by atoms with E-state index in [2.05, 4.69) is 15.5 Å². The van der Waals surface area contributed by atoms with Gasteiger partial charge in [0.1, 0.15) is 5.75 Å². The highest BCUT2D eigenvalue weighted by molar-refractivity contribution is 5.98. The van der Waals surface area contributed by atoms with Crippen molar-refractivity contribution in [2.24, 2.45) is 5.92 Å². The maximum absolute atomic E-state index is 12.5. The van der Waals surface area contributed by atoms with Gasteiger partial charge < -0.3 is 14.8 Å². The molecule has 3 rings (SSSR count).